The molecule has 2 amide bonds. The molecule has 2 heterocycles. The number of aliphatic hydroxyl groups excluding tert-OH is 1. The van der Waals surface area contributed by atoms with E-state index in [1.165, 1.54) is 0 Å². The quantitative estimate of drug-likeness (QED) is 0.455. The summed E-state index contributed by atoms with van der Waals surface area (Å²) in [5, 5.41) is 18.1. The molecule has 0 spiro atoms. The third-order valence-corrected chi connectivity index (χ3v) is 7.60. The Hall–Kier alpha value is -2.78. The van der Waals surface area contributed by atoms with Crippen LogP contribution in [0.15, 0.2) is 60.7 Å². The van der Waals surface area contributed by atoms with Gasteiger partial charge in [0.15, 0.2) is 6.35 Å². The average molecular weight is 508 g/mol. The molecule has 0 radical (unpaired) electrons. The number of amides is 2. The first kappa shape index (κ1) is 27.3. The third-order valence-electron chi connectivity index (χ3n) is 7.60. The van der Waals surface area contributed by atoms with E-state index < -0.39 is 18.6 Å². The molecule has 2 aliphatic heterocycles. The van der Waals surface area contributed by atoms with Crippen LogP contribution in [0, 0.1) is 5.92 Å². The van der Waals surface area contributed by atoms with E-state index in [2.05, 4.69) is 19.2 Å². The summed E-state index contributed by atoms with van der Waals surface area (Å²) in [6, 6.07) is 18.7. The van der Waals surface area contributed by atoms with Gasteiger partial charge in [0, 0.05) is 20.1 Å². The molecule has 8 nitrogen and oxygen atoms in total. The number of hydrazine groups is 1. The minimum atomic E-state index is -1.03. The lowest BCUT2D eigenvalue weighted by Gasteiger charge is -2.56. The van der Waals surface area contributed by atoms with Gasteiger partial charge in [0.05, 0.1) is 13.1 Å². The molecule has 2 aromatic rings. The molecule has 2 N–H and O–H groups in total. The summed E-state index contributed by atoms with van der Waals surface area (Å²) in [5.41, 5.74) is 1.85. The van der Waals surface area contributed by atoms with Crippen LogP contribution in [0.1, 0.15) is 56.7 Å². The summed E-state index contributed by atoms with van der Waals surface area (Å²) in [7, 11) is 1.82. The fourth-order valence-corrected chi connectivity index (χ4v) is 5.53. The van der Waals surface area contributed by atoms with Crippen molar-refractivity contribution in [1.82, 2.24) is 25.1 Å². The lowest BCUT2D eigenvalue weighted by Crippen LogP contribution is -2.75. The van der Waals surface area contributed by atoms with E-state index in [1.54, 1.807) is 9.91 Å². The van der Waals surface area contributed by atoms with Crippen molar-refractivity contribution in [1.29, 1.82) is 0 Å². The van der Waals surface area contributed by atoms with E-state index in [0.29, 0.717) is 25.6 Å². The largest absolute Gasteiger partial charge is 0.364 e. The van der Waals surface area contributed by atoms with Crippen LogP contribution >= 0.6 is 0 Å². The van der Waals surface area contributed by atoms with Crippen molar-refractivity contribution in [3.05, 3.63) is 71.8 Å². The van der Waals surface area contributed by atoms with Gasteiger partial charge in [-0.3, -0.25) is 14.9 Å². The van der Waals surface area contributed by atoms with Gasteiger partial charge in [0.1, 0.15) is 12.2 Å². The molecule has 0 bridgehead atoms. The van der Waals surface area contributed by atoms with Gasteiger partial charge in [-0.15, -0.1) is 0 Å². The number of fused-ring (bicyclic) bond motifs is 1. The van der Waals surface area contributed by atoms with Crippen LogP contribution in [0.2, 0.25) is 0 Å². The average Bonchev–Trinajstić information content (AvgIpc) is 2.91. The first-order valence-electron chi connectivity index (χ1n) is 13.5. The second kappa shape index (κ2) is 12.6. The molecule has 2 aliphatic rings. The van der Waals surface area contributed by atoms with Crippen molar-refractivity contribution in [2.45, 2.75) is 64.6 Å². The Kier molecular flexibility index (Phi) is 9.32. The van der Waals surface area contributed by atoms with Gasteiger partial charge >= 0.3 is 0 Å². The number of hydrogen-bond donors (Lipinski definition) is 2. The van der Waals surface area contributed by atoms with Crippen molar-refractivity contribution in [2.24, 2.45) is 5.92 Å². The first-order chi connectivity index (χ1) is 17.9. The van der Waals surface area contributed by atoms with Crippen molar-refractivity contribution in [3.8, 4) is 0 Å². The molecule has 0 aliphatic carbocycles. The van der Waals surface area contributed by atoms with E-state index >= 15 is 0 Å². The van der Waals surface area contributed by atoms with Gasteiger partial charge in [0.2, 0.25) is 11.8 Å². The Labute approximate surface area is 220 Å². The molecule has 2 fully saturated rings. The van der Waals surface area contributed by atoms with Crippen LogP contribution in [-0.2, 0) is 16.1 Å². The Bertz CT molecular complexity index is 1020. The molecule has 2 aromatic carbocycles. The number of benzene rings is 2. The second-order valence-electron chi connectivity index (χ2n) is 10.2. The molecule has 4 rings (SSSR count). The van der Waals surface area contributed by atoms with Crippen molar-refractivity contribution < 1.29 is 14.7 Å². The van der Waals surface area contributed by atoms with Crippen LogP contribution in [0.3, 0.4) is 0 Å². The fraction of sp³-hybridized carbons (Fsp3) is 0.517. The van der Waals surface area contributed by atoms with Crippen molar-refractivity contribution >= 4 is 11.8 Å². The summed E-state index contributed by atoms with van der Waals surface area (Å²) in [5.74, 6) is 0.249. The summed E-state index contributed by atoms with van der Waals surface area (Å²) >= 11 is 0. The van der Waals surface area contributed by atoms with Crippen LogP contribution in [0.5, 0.6) is 0 Å². The van der Waals surface area contributed by atoms with E-state index in [9.17, 15) is 14.7 Å². The monoisotopic (exact) mass is 507 g/mol. The fourth-order valence-electron chi connectivity index (χ4n) is 5.53. The maximum Gasteiger partial charge on any atom is 0.250 e. The second-order valence-corrected chi connectivity index (χ2v) is 10.2. The van der Waals surface area contributed by atoms with Crippen LogP contribution in [-0.4, -0.2) is 75.9 Å². The minimum Gasteiger partial charge on any atom is -0.364 e. The number of piperazine rings is 1. The summed E-state index contributed by atoms with van der Waals surface area (Å²) in [4.78, 5) is 31.0. The van der Waals surface area contributed by atoms with Crippen LogP contribution in [0.4, 0.5) is 0 Å². The minimum absolute atomic E-state index is 0.0398. The smallest absolute Gasteiger partial charge is 0.250 e. The number of nitrogens with one attached hydrogen (secondary N) is 1. The Balaban J connectivity index is 1.64. The zero-order chi connectivity index (χ0) is 26.4. The summed E-state index contributed by atoms with van der Waals surface area (Å²) in [6.45, 7) is 5.94. The SMILES string of the molecule is CCCCC(CC)CN1C[C@H]2N(C(=O)CN(C)N2C(O)NCc2ccccc2)[C@@H](c2ccccc2)C1=O. The molecule has 2 unspecified atom stereocenters. The maximum atomic E-state index is 13.9. The highest BCUT2D eigenvalue weighted by Gasteiger charge is 2.51. The topological polar surface area (TPSA) is 79.4 Å². The number of nitrogens with zero attached hydrogens (tertiary/aromatic N) is 4. The van der Waals surface area contributed by atoms with Gasteiger partial charge in [-0.1, -0.05) is 93.8 Å². The molecule has 0 aromatic heterocycles. The summed E-state index contributed by atoms with van der Waals surface area (Å²) in [6.07, 6.45) is 2.81. The molecule has 4 atom stereocenters. The summed E-state index contributed by atoms with van der Waals surface area (Å²) < 4.78 is 0. The van der Waals surface area contributed by atoms with Gasteiger partial charge < -0.3 is 14.9 Å². The van der Waals surface area contributed by atoms with Crippen molar-refractivity contribution in [3.63, 3.8) is 0 Å². The standard InChI is InChI=1S/C29H41N5O3/c1-4-6-13-22(5-2)19-32-20-25-33(27(28(32)36)24-16-11-8-12-17-24)26(35)21-31(3)34(25)29(37)30-18-23-14-9-7-10-15-23/h7-12,14-17,22,25,27,29-30,37H,4-6,13,18-21H2,1-3H3/t22?,25-,27-,29?/m0/s1. The number of rotatable bonds is 11. The maximum absolute atomic E-state index is 13.9. The highest BCUT2D eigenvalue weighted by Crippen LogP contribution is 2.35. The van der Waals surface area contributed by atoms with Crippen molar-refractivity contribution in [2.75, 3.05) is 26.7 Å². The predicted octanol–water partition coefficient (Wildman–Crippen LogP) is 3.17. The normalized spacial score (nSPS) is 22.7. The molecule has 37 heavy (non-hydrogen) atoms. The van der Waals surface area contributed by atoms with E-state index in [1.807, 2.05) is 77.6 Å². The van der Waals surface area contributed by atoms with Crippen LogP contribution < -0.4 is 5.32 Å². The van der Waals surface area contributed by atoms with E-state index in [0.717, 1.165) is 36.8 Å². The van der Waals surface area contributed by atoms with Crippen LogP contribution in [0.25, 0.3) is 0 Å². The number of carbonyl (C=O) groups is 2. The molecular formula is C29H41N5O3. The highest BCUT2D eigenvalue weighted by molar-refractivity contribution is 5.91. The molecular weight excluding hydrogens is 466 g/mol. The molecule has 200 valence electrons. The number of hydrogen-bond acceptors (Lipinski definition) is 6. The first-order valence-corrected chi connectivity index (χ1v) is 13.5. The number of carbonyl (C=O) groups excluding carboxylic acids is 2. The molecule has 0 saturated carbocycles. The number of unbranched alkanes of at least 4 members (excludes halogenated alkanes) is 1. The molecule has 2 saturated heterocycles. The zero-order valence-corrected chi connectivity index (χ0v) is 22.3. The van der Waals surface area contributed by atoms with Gasteiger partial charge in [-0.25, -0.2) is 5.01 Å². The zero-order valence-electron chi connectivity index (χ0n) is 22.3. The number of likely N-dealkylation sites (N-methyl/N-ethyl adjacent to an activating group) is 1. The lowest BCUT2D eigenvalue weighted by molar-refractivity contribution is -0.241. The van der Waals surface area contributed by atoms with E-state index in [4.69, 9.17) is 0 Å². The van der Waals surface area contributed by atoms with Gasteiger partial charge in [0.25, 0.3) is 0 Å². The van der Waals surface area contributed by atoms with Gasteiger partial charge in [-0.2, -0.15) is 5.01 Å². The van der Waals surface area contributed by atoms with E-state index in [-0.39, 0.29) is 18.4 Å². The lowest BCUT2D eigenvalue weighted by atomic mass is 9.95. The Morgan fingerprint density at radius 3 is 2.35 bits per heavy atom. The highest BCUT2D eigenvalue weighted by atomic mass is 16.3. The predicted molar refractivity (Wildman–Crippen MR) is 143 cm³/mol. The van der Waals surface area contributed by atoms with Gasteiger partial charge in [-0.05, 0) is 23.5 Å². The number of aliphatic hydroxyl groups is 1. The third kappa shape index (κ3) is 6.21. The molecule has 8 heteroatoms. The Morgan fingerprint density at radius 2 is 1.70 bits per heavy atom. The Morgan fingerprint density at radius 1 is 1.03 bits per heavy atom.